The van der Waals surface area contributed by atoms with Crippen LogP contribution < -0.4 is 19.5 Å². The maximum absolute atomic E-state index is 12.6. The summed E-state index contributed by atoms with van der Waals surface area (Å²) in [5.41, 5.74) is 1.86. The van der Waals surface area contributed by atoms with Gasteiger partial charge in [0, 0.05) is 41.2 Å². The molecule has 164 valence electrons. The van der Waals surface area contributed by atoms with Crippen molar-refractivity contribution in [3.63, 3.8) is 0 Å². The molecule has 2 heterocycles. The second-order valence-electron chi connectivity index (χ2n) is 6.62. The summed E-state index contributed by atoms with van der Waals surface area (Å²) in [6, 6.07) is 13.4. The van der Waals surface area contributed by atoms with E-state index in [-0.39, 0.29) is 5.75 Å². The summed E-state index contributed by atoms with van der Waals surface area (Å²) in [4.78, 5) is 13.5. The predicted molar refractivity (Wildman–Crippen MR) is 117 cm³/mol. The molecule has 0 saturated heterocycles. The number of hydrogen-bond donors (Lipinski definition) is 1. The third kappa shape index (κ3) is 4.66. The molecule has 0 atom stereocenters. The van der Waals surface area contributed by atoms with Crippen LogP contribution in [0.5, 0.6) is 17.2 Å². The Labute approximate surface area is 183 Å². The van der Waals surface area contributed by atoms with Gasteiger partial charge in [0.05, 0.1) is 19.2 Å². The van der Waals surface area contributed by atoms with E-state index in [9.17, 15) is 8.78 Å². The summed E-state index contributed by atoms with van der Waals surface area (Å²) in [6.45, 7) is -0.588. The Morgan fingerprint density at radius 3 is 2.62 bits per heavy atom. The largest absolute Gasteiger partial charge is 0.493 e. The predicted octanol–water partition coefficient (Wildman–Crippen LogP) is 5.44. The highest BCUT2D eigenvalue weighted by Gasteiger charge is 2.15. The number of fused-ring (bicyclic) bond motifs is 1. The minimum Gasteiger partial charge on any atom is -0.493 e. The summed E-state index contributed by atoms with van der Waals surface area (Å²) >= 11 is 0. The summed E-state index contributed by atoms with van der Waals surface area (Å²) in [6.07, 6.45) is 3.32. The monoisotopic (exact) mass is 438 g/mol. The molecule has 0 saturated carbocycles. The van der Waals surface area contributed by atoms with Crippen molar-refractivity contribution < 1.29 is 23.0 Å². The maximum Gasteiger partial charge on any atom is 0.387 e. The number of ether oxygens (including phenoxy) is 3. The van der Waals surface area contributed by atoms with Crippen LogP contribution >= 0.6 is 0 Å². The molecule has 9 heteroatoms. The van der Waals surface area contributed by atoms with E-state index >= 15 is 0 Å². The molecule has 4 rings (SSSR count). The number of rotatable bonds is 8. The van der Waals surface area contributed by atoms with Crippen molar-refractivity contribution in [1.29, 1.82) is 0 Å². The highest BCUT2D eigenvalue weighted by Crippen LogP contribution is 2.36. The van der Waals surface area contributed by atoms with E-state index in [4.69, 9.17) is 9.47 Å². The Kier molecular flexibility index (Phi) is 6.25. The van der Waals surface area contributed by atoms with Crippen molar-refractivity contribution >= 4 is 22.4 Å². The Morgan fingerprint density at radius 2 is 1.91 bits per heavy atom. The fraction of sp³-hybridized carbons (Fsp3) is 0.174. The first-order valence-corrected chi connectivity index (χ1v) is 9.82. The van der Waals surface area contributed by atoms with Gasteiger partial charge < -0.3 is 19.5 Å². The number of hydrogen-bond acceptors (Lipinski definition) is 7. The van der Waals surface area contributed by atoms with Crippen LogP contribution in [0, 0.1) is 0 Å². The van der Waals surface area contributed by atoms with E-state index in [0.29, 0.717) is 46.3 Å². The Balaban J connectivity index is 1.85. The van der Waals surface area contributed by atoms with E-state index in [2.05, 4.69) is 25.0 Å². The molecule has 4 aromatic rings. The molecular formula is C23H20F2N4O3. The lowest BCUT2D eigenvalue weighted by Crippen LogP contribution is -2.03. The smallest absolute Gasteiger partial charge is 0.387 e. The van der Waals surface area contributed by atoms with Gasteiger partial charge in [0.1, 0.15) is 11.6 Å². The first-order chi connectivity index (χ1) is 15.6. The molecule has 0 spiro atoms. The molecule has 7 nitrogen and oxygen atoms in total. The van der Waals surface area contributed by atoms with Crippen molar-refractivity contribution in [2.24, 2.45) is 0 Å². The molecule has 0 radical (unpaired) electrons. The first-order valence-electron chi connectivity index (χ1n) is 9.82. The summed E-state index contributed by atoms with van der Waals surface area (Å²) in [5.74, 6) is 2.02. The average Bonchev–Trinajstić information content (AvgIpc) is 2.79. The molecule has 0 aliphatic carbocycles. The lowest BCUT2D eigenvalue weighted by molar-refractivity contribution is -0.0498. The minimum atomic E-state index is -2.91. The summed E-state index contributed by atoms with van der Waals surface area (Å²) < 4.78 is 40.9. The van der Waals surface area contributed by atoms with Crippen molar-refractivity contribution in [3.8, 4) is 28.6 Å². The van der Waals surface area contributed by atoms with Gasteiger partial charge in [-0.05, 0) is 37.3 Å². The minimum absolute atomic E-state index is 0.0347. The van der Waals surface area contributed by atoms with Gasteiger partial charge in [-0.1, -0.05) is 6.07 Å². The number of benzene rings is 2. The second-order valence-corrected chi connectivity index (χ2v) is 6.62. The molecule has 0 bridgehead atoms. The van der Waals surface area contributed by atoms with Gasteiger partial charge in [-0.3, -0.25) is 4.98 Å². The number of pyridine rings is 1. The van der Waals surface area contributed by atoms with Gasteiger partial charge in [0.2, 0.25) is 0 Å². The Bertz CT molecular complexity index is 1220. The van der Waals surface area contributed by atoms with E-state index < -0.39 is 6.61 Å². The van der Waals surface area contributed by atoms with Crippen LogP contribution in [0.4, 0.5) is 20.3 Å². The van der Waals surface area contributed by atoms with Crippen LogP contribution in [-0.2, 0) is 0 Å². The normalized spacial score (nSPS) is 10.9. The molecule has 0 aliphatic heterocycles. The third-order valence-electron chi connectivity index (χ3n) is 4.52. The number of halogens is 2. The van der Waals surface area contributed by atoms with E-state index in [1.54, 1.807) is 49.8 Å². The molecule has 0 unspecified atom stereocenters. The number of nitrogens with one attached hydrogen (secondary N) is 1. The molecule has 0 amide bonds. The summed E-state index contributed by atoms with van der Waals surface area (Å²) in [7, 11) is 1.56. The van der Waals surface area contributed by atoms with Gasteiger partial charge >= 0.3 is 6.61 Å². The highest BCUT2D eigenvalue weighted by molar-refractivity contribution is 5.94. The standard InChI is InChI=1S/C23H20F2N4O3/c1-3-31-20-11-17-18(12-19(20)30-2)28-21(14-6-5-9-26-13-14)29-22(17)27-15-7-4-8-16(10-15)32-23(24)25/h4-13,23H,3H2,1-2H3,(H,27,28,29). The topological polar surface area (TPSA) is 78.4 Å². The van der Waals surface area contributed by atoms with Crippen LogP contribution in [0.3, 0.4) is 0 Å². The summed E-state index contributed by atoms with van der Waals surface area (Å²) in [5, 5.41) is 3.85. The fourth-order valence-electron chi connectivity index (χ4n) is 3.17. The molecule has 0 fully saturated rings. The van der Waals surface area contributed by atoms with Crippen molar-refractivity contribution in [2.75, 3.05) is 19.0 Å². The third-order valence-corrected chi connectivity index (χ3v) is 4.52. The SMILES string of the molecule is CCOc1cc2c(Nc3cccc(OC(F)F)c3)nc(-c3cccnc3)nc2cc1OC. The number of alkyl halides is 2. The lowest BCUT2D eigenvalue weighted by atomic mass is 10.1. The van der Waals surface area contributed by atoms with Crippen LogP contribution in [0.25, 0.3) is 22.3 Å². The fourth-order valence-corrected chi connectivity index (χ4v) is 3.17. The molecule has 1 N–H and O–H groups in total. The van der Waals surface area contributed by atoms with Gasteiger partial charge in [0.15, 0.2) is 17.3 Å². The highest BCUT2D eigenvalue weighted by atomic mass is 19.3. The first kappa shape index (κ1) is 21.2. The van der Waals surface area contributed by atoms with Gasteiger partial charge in [0.25, 0.3) is 0 Å². The van der Waals surface area contributed by atoms with E-state index in [0.717, 1.165) is 5.56 Å². The second kappa shape index (κ2) is 9.42. The molecule has 2 aromatic heterocycles. The zero-order valence-electron chi connectivity index (χ0n) is 17.4. The zero-order valence-corrected chi connectivity index (χ0v) is 17.4. The zero-order chi connectivity index (χ0) is 22.5. The molecular weight excluding hydrogens is 418 g/mol. The number of aromatic nitrogens is 3. The quantitative estimate of drug-likeness (QED) is 0.392. The van der Waals surface area contributed by atoms with Crippen molar-refractivity contribution in [3.05, 3.63) is 60.9 Å². The van der Waals surface area contributed by atoms with E-state index in [1.807, 2.05) is 13.0 Å². The van der Waals surface area contributed by atoms with Gasteiger partial charge in [-0.25, -0.2) is 9.97 Å². The van der Waals surface area contributed by atoms with Crippen molar-refractivity contribution in [1.82, 2.24) is 15.0 Å². The Hall–Kier alpha value is -4.01. The van der Waals surface area contributed by atoms with Crippen molar-refractivity contribution in [2.45, 2.75) is 13.5 Å². The number of methoxy groups -OCH3 is 1. The number of nitrogens with zero attached hydrogens (tertiary/aromatic N) is 3. The molecule has 0 aliphatic rings. The van der Waals surface area contributed by atoms with Crippen LogP contribution in [-0.4, -0.2) is 35.3 Å². The van der Waals surface area contributed by atoms with Gasteiger partial charge in [-0.15, -0.1) is 0 Å². The van der Waals surface area contributed by atoms with Crippen LogP contribution in [0.15, 0.2) is 60.9 Å². The van der Waals surface area contributed by atoms with Crippen LogP contribution in [0.2, 0.25) is 0 Å². The Morgan fingerprint density at radius 1 is 1.03 bits per heavy atom. The molecule has 32 heavy (non-hydrogen) atoms. The average molecular weight is 438 g/mol. The number of anilines is 2. The van der Waals surface area contributed by atoms with Gasteiger partial charge in [-0.2, -0.15) is 8.78 Å². The van der Waals surface area contributed by atoms with E-state index in [1.165, 1.54) is 12.1 Å². The molecule has 2 aromatic carbocycles. The maximum atomic E-state index is 12.6. The lowest BCUT2D eigenvalue weighted by Gasteiger charge is -2.15. The van der Waals surface area contributed by atoms with Crippen LogP contribution in [0.1, 0.15) is 6.92 Å².